The highest BCUT2D eigenvalue weighted by molar-refractivity contribution is 9.10. The van der Waals surface area contributed by atoms with Gasteiger partial charge in [0.25, 0.3) is 0 Å². The van der Waals surface area contributed by atoms with Crippen LogP contribution in [0.1, 0.15) is 28.5 Å². The van der Waals surface area contributed by atoms with Crippen molar-refractivity contribution >= 4 is 38.8 Å². The van der Waals surface area contributed by atoms with Gasteiger partial charge in [0, 0.05) is 28.2 Å². The van der Waals surface area contributed by atoms with Crippen LogP contribution in [-0.2, 0) is 6.54 Å². The highest BCUT2D eigenvalue weighted by Gasteiger charge is 2.12. The number of aromatic nitrogens is 2. The van der Waals surface area contributed by atoms with Crippen molar-refractivity contribution in [2.24, 2.45) is 0 Å². The van der Waals surface area contributed by atoms with E-state index >= 15 is 0 Å². The van der Waals surface area contributed by atoms with Gasteiger partial charge in [0.1, 0.15) is 11.1 Å². The minimum absolute atomic E-state index is 0.0115. The average Bonchev–Trinajstić information content (AvgIpc) is 2.92. The number of carbonyl (C=O) groups excluding carboxylic acids is 1. The third-order valence-electron chi connectivity index (χ3n) is 3.68. The van der Waals surface area contributed by atoms with Gasteiger partial charge >= 0.3 is 5.63 Å². The molecule has 0 N–H and O–H groups in total. The molecule has 0 aliphatic rings. The third kappa shape index (κ3) is 3.23. The molecule has 5 nitrogen and oxygen atoms in total. The summed E-state index contributed by atoms with van der Waals surface area (Å²) >= 11 is 3.36. The molecule has 0 aliphatic carbocycles. The summed E-state index contributed by atoms with van der Waals surface area (Å²) in [5, 5.41) is 5.01. The average molecular weight is 387 g/mol. The summed E-state index contributed by atoms with van der Waals surface area (Å²) < 4.78 is 7.86. The zero-order valence-electron chi connectivity index (χ0n) is 13.2. The lowest BCUT2D eigenvalue weighted by Crippen LogP contribution is -2.11. The monoisotopic (exact) mass is 386 g/mol. The van der Waals surface area contributed by atoms with Crippen molar-refractivity contribution in [1.29, 1.82) is 0 Å². The van der Waals surface area contributed by atoms with E-state index in [1.165, 1.54) is 6.08 Å². The minimum atomic E-state index is -0.638. The minimum Gasteiger partial charge on any atom is -0.422 e. The summed E-state index contributed by atoms with van der Waals surface area (Å²) in [6, 6.07) is 6.82. The van der Waals surface area contributed by atoms with Crippen LogP contribution in [-0.4, -0.2) is 15.6 Å². The molecule has 1 aromatic carbocycles. The first-order valence-electron chi connectivity index (χ1n) is 7.48. The number of benzene rings is 1. The number of hydrogen-bond acceptors (Lipinski definition) is 4. The van der Waals surface area contributed by atoms with Gasteiger partial charge in [0.05, 0.1) is 5.69 Å². The molecule has 0 amide bonds. The zero-order valence-corrected chi connectivity index (χ0v) is 14.8. The second-order valence-corrected chi connectivity index (χ2v) is 6.27. The SMILES string of the molecule is CCn1cc(/C=C/C(=O)c2cc3cc(Br)ccc3oc2=O)c(C)n1. The largest absolute Gasteiger partial charge is 0.422 e. The van der Waals surface area contributed by atoms with Gasteiger partial charge < -0.3 is 4.42 Å². The molecule has 2 heterocycles. The van der Waals surface area contributed by atoms with Gasteiger partial charge in [-0.2, -0.15) is 5.10 Å². The van der Waals surface area contributed by atoms with Crippen molar-refractivity contribution in [1.82, 2.24) is 9.78 Å². The summed E-state index contributed by atoms with van der Waals surface area (Å²) in [6.07, 6.45) is 4.90. The van der Waals surface area contributed by atoms with Crippen molar-refractivity contribution in [2.45, 2.75) is 20.4 Å². The maximum Gasteiger partial charge on any atom is 0.347 e. The van der Waals surface area contributed by atoms with Gasteiger partial charge in [-0.25, -0.2) is 4.79 Å². The maximum atomic E-state index is 12.4. The lowest BCUT2D eigenvalue weighted by molar-refractivity contribution is 0.104. The summed E-state index contributed by atoms with van der Waals surface area (Å²) in [4.78, 5) is 24.4. The molecule has 3 rings (SSSR count). The molecule has 0 saturated carbocycles. The first-order chi connectivity index (χ1) is 11.5. The second-order valence-electron chi connectivity index (χ2n) is 5.35. The van der Waals surface area contributed by atoms with Gasteiger partial charge in [0.15, 0.2) is 5.78 Å². The van der Waals surface area contributed by atoms with E-state index in [2.05, 4.69) is 21.0 Å². The molecule has 0 fully saturated rings. The van der Waals surface area contributed by atoms with Crippen LogP contribution in [0, 0.1) is 6.92 Å². The van der Waals surface area contributed by atoms with Crippen LogP contribution in [0.15, 0.2) is 50.2 Å². The van der Waals surface area contributed by atoms with Gasteiger partial charge in [0.2, 0.25) is 0 Å². The Bertz CT molecular complexity index is 1010. The fraction of sp³-hybridized carbons (Fsp3) is 0.167. The summed E-state index contributed by atoms with van der Waals surface area (Å²) in [5.41, 5.74) is 1.50. The van der Waals surface area contributed by atoms with Gasteiger partial charge in [-0.1, -0.05) is 15.9 Å². The third-order valence-corrected chi connectivity index (χ3v) is 4.18. The number of halogens is 1. The molecule has 0 saturated heterocycles. The van der Waals surface area contributed by atoms with E-state index in [1.54, 1.807) is 35.0 Å². The molecular weight excluding hydrogens is 372 g/mol. The van der Waals surface area contributed by atoms with Crippen LogP contribution in [0.5, 0.6) is 0 Å². The van der Waals surface area contributed by atoms with Gasteiger partial charge in [-0.3, -0.25) is 9.48 Å². The quantitative estimate of drug-likeness (QED) is 0.386. The van der Waals surface area contributed by atoms with Crippen LogP contribution < -0.4 is 5.63 Å². The maximum absolute atomic E-state index is 12.4. The van der Waals surface area contributed by atoms with Crippen molar-refractivity contribution in [2.75, 3.05) is 0 Å². The van der Waals surface area contributed by atoms with Gasteiger partial charge in [-0.05, 0) is 50.3 Å². The predicted molar refractivity (Wildman–Crippen MR) is 96.2 cm³/mol. The summed E-state index contributed by atoms with van der Waals surface area (Å²) in [6.45, 7) is 4.62. The number of hydrogen-bond donors (Lipinski definition) is 0. The Kier molecular flexibility index (Phi) is 4.49. The Hall–Kier alpha value is -2.47. The number of fused-ring (bicyclic) bond motifs is 1. The standard InChI is InChI=1S/C18H15BrN2O3/c1-3-21-10-12(11(2)20-21)4-6-16(22)15-9-13-8-14(19)5-7-17(13)24-18(15)23/h4-10H,3H2,1-2H3/b6-4+. The normalized spacial score (nSPS) is 11.5. The van der Waals surface area contributed by atoms with Crippen LogP contribution in [0.4, 0.5) is 0 Å². The number of allylic oxidation sites excluding steroid dienone is 1. The Morgan fingerprint density at radius 1 is 1.38 bits per heavy atom. The lowest BCUT2D eigenvalue weighted by atomic mass is 10.1. The molecule has 0 atom stereocenters. The Morgan fingerprint density at radius 3 is 2.88 bits per heavy atom. The highest BCUT2D eigenvalue weighted by atomic mass is 79.9. The Morgan fingerprint density at radius 2 is 2.17 bits per heavy atom. The fourth-order valence-electron chi connectivity index (χ4n) is 2.38. The van der Waals surface area contributed by atoms with E-state index in [0.717, 1.165) is 22.3 Å². The number of ketones is 1. The molecule has 0 aliphatic heterocycles. The zero-order chi connectivity index (χ0) is 17.3. The number of carbonyl (C=O) groups is 1. The van der Waals surface area contributed by atoms with Crippen LogP contribution >= 0.6 is 15.9 Å². The van der Waals surface area contributed by atoms with E-state index in [1.807, 2.05) is 20.0 Å². The molecule has 0 unspecified atom stereocenters. The highest BCUT2D eigenvalue weighted by Crippen LogP contribution is 2.19. The molecule has 0 radical (unpaired) electrons. The molecule has 3 aromatic rings. The predicted octanol–water partition coefficient (Wildman–Crippen LogP) is 3.98. The topological polar surface area (TPSA) is 65.1 Å². The van der Waals surface area contributed by atoms with E-state index in [4.69, 9.17) is 4.42 Å². The first-order valence-corrected chi connectivity index (χ1v) is 8.27. The molecule has 0 bridgehead atoms. The van der Waals surface area contributed by atoms with E-state index < -0.39 is 11.4 Å². The lowest BCUT2D eigenvalue weighted by Gasteiger charge is -2.00. The van der Waals surface area contributed by atoms with Crippen molar-refractivity contribution < 1.29 is 9.21 Å². The fourth-order valence-corrected chi connectivity index (χ4v) is 2.76. The van der Waals surface area contributed by atoms with Crippen LogP contribution in [0.2, 0.25) is 0 Å². The molecule has 24 heavy (non-hydrogen) atoms. The summed E-state index contributed by atoms with van der Waals surface area (Å²) in [5.74, 6) is -0.394. The summed E-state index contributed by atoms with van der Waals surface area (Å²) in [7, 11) is 0. The van der Waals surface area contributed by atoms with E-state index in [-0.39, 0.29) is 5.56 Å². The molecule has 0 spiro atoms. The number of nitrogens with zero attached hydrogens (tertiary/aromatic N) is 2. The van der Waals surface area contributed by atoms with Gasteiger partial charge in [-0.15, -0.1) is 0 Å². The van der Waals surface area contributed by atoms with Crippen molar-refractivity contribution in [3.05, 3.63) is 68.3 Å². The molecular formula is C18H15BrN2O3. The Balaban J connectivity index is 1.95. The van der Waals surface area contributed by atoms with E-state index in [0.29, 0.717) is 11.0 Å². The smallest absolute Gasteiger partial charge is 0.347 e. The number of aryl methyl sites for hydroxylation is 2. The van der Waals surface area contributed by atoms with Crippen molar-refractivity contribution in [3.8, 4) is 0 Å². The molecule has 122 valence electrons. The van der Waals surface area contributed by atoms with E-state index in [9.17, 15) is 9.59 Å². The first kappa shape index (κ1) is 16.4. The Labute approximate surface area is 146 Å². The second kappa shape index (κ2) is 6.57. The van der Waals surface area contributed by atoms with Crippen LogP contribution in [0.3, 0.4) is 0 Å². The number of rotatable bonds is 4. The van der Waals surface area contributed by atoms with Crippen molar-refractivity contribution in [3.63, 3.8) is 0 Å². The molecule has 6 heteroatoms. The van der Waals surface area contributed by atoms with Crippen LogP contribution in [0.25, 0.3) is 17.0 Å². The molecule has 2 aromatic heterocycles.